The number of carbonyl (C=O) groups is 1. The molecule has 0 aliphatic heterocycles. The van der Waals surface area contributed by atoms with Gasteiger partial charge in [0.2, 0.25) is 0 Å². The summed E-state index contributed by atoms with van der Waals surface area (Å²) >= 11 is 4.73. The maximum atomic E-state index is 11.3. The summed E-state index contributed by atoms with van der Waals surface area (Å²) in [4.78, 5) is 11.3. The molecule has 1 unspecified atom stereocenters. The molecule has 0 aromatic rings. The molecular weight excluding hydrogens is 311 g/mol. The Kier molecular flexibility index (Phi) is 8.58. The van der Waals surface area contributed by atoms with Gasteiger partial charge in [-0.25, -0.2) is 4.79 Å². The van der Waals surface area contributed by atoms with Crippen LogP contribution in [0.2, 0.25) is 0 Å². The van der Waals surface area contributed by atoms with E-state index < -0.39 is 6.58 Å². The highest BCUT2D eigenvalue weighted by molar-refractivity contribution is 8.32. The Labute approximate surface area is 129 Å². The Hall–Kier alpha value is -0.250. The van der Waals surface area contributed by atoms with Crippen LogP contribution < -0.4 is 0 Å². The molecule has 1 fully saturated rings. The van der Waals surface area contributed by atoms with Gasteiger partial charge in [0.05, 0.1) is 6.61 Å². The molecule has 1 atom stereocenters. The number of rotatable bonds is 7. The van der Waals surface area contributed by atoms with Crippen molar-refractivity contribution in [2.45, 2.75) is 45.4 Å². The van der Waals surface area contributed by atoms with Crippen molar-refractivity contribution in [2.24, 2.45) is 11.8 Å². The van der Waals surface area contributed by atoms with Crippen molar-refractivity contribution in [3.05, 3.63) is 12.2 Å². The van der Waals surface area contributed by atoms with Gasteiger partial charge in [-0.05, 0) is 52.3 Å². The zero-order chi connectivity index (χ0) is 15.0. The summed E-state index contributed by atoms with van der Waals surface area (Å²) < 4.78 is 16.5. The van der Waals surface area contributed by atoms with Crippen LogP contribution in [0, 0.1) is 11.8 Å². The van der Waals surface area contributed by atoms with E-state index in [1.165, 1.54) is 25.7 Å². The summed E-state index contributed by atoms with van der Waals surface area (Å²) in [6.07, 6.45) is 7.52. The van der Waals surface area contributed by atoms with Crippen LogP contribution >= 0.6 is 6.58 Å². The van der Waals surface area contributed by atoms with E-state index in [0.717, 1.165) is 28.5 Å². The summed E-state index contributed by atoms with van der Waals surface area (Å²) in [5.74, 6) is 1.07. The van der Waals surface area contributed by atoms with Crippen molar-refractivity contribution in [1.29, 1.82) is 0 Å². The molecule has 0 saturated heterocycles. The Morgan fingerprint density at radius 3 is 2.35 bits per heavy atom. The van der Waals surface area contributed by atoms with Gasteiger partial charge in [0, 0.05) is 11.7 Å². The van der Waals surface area contributed by atoms with E-state index in [-0.39, 0.29) is 5.97 Å². The van der Waals surface area contributed by atoms with E-state index in [4.69, 9.17) is 15.9 Å². The highest BCUT2D eigenvalue weighted by atomic mass is 32.9. The second kappa shape index (κ2) is 9.64. The van der Waals surface area contributed by atoms with Gasteiger partial charge in [0.15, 0.2) is 6.58 Å². The summed E-state index contributed by atoms with van der Waals surface area (Å²) in [7, 11) is 1.07. The third kappa shape index (κ3) is 6.96. The Morgan fingerprint density at radius 2 is 1.85 bits per heavy atom. The van der Waals surface area contributed by atoms with Crippen LogP contribution in [0.25, 0.3) is 0 Å². The maximum absolute atomic E-state index is 11.3. The number of carbonyl (C=O) groups excluding carboxylic acids is 1. The average molecular weight is 334 g/mol. The zero-order valence-electron chi connectivity index (χ0n) is 12.0. The van der Waals surface area contributed by atoms with Gasteiger partial charge in [-0.1, -0.05) is 32.3 Å². The van der Waals surface area contributed by atoms with Gasteiger partial charge in [-0.2, -0.15) is 0 Å². The summed E-state index contributed by atoms with van der Waals surface area (Å²) in [6.45, 7) is 4.51. The van der Waals surface area contributed by atoms with E-state index in [0.29, 0.717) is 24.0 Å². The van der Waals surface area contributed by atoms with Gasteiger partial charge in [0.25, 0.3) is 0 Å². The molecule has 0 amide bonds. The van der Waals surface area contributed by atoms with Crippen LogP contribution in [0.3, 0.4) is 0 Å². The molecular formula is C14H23O3PS2. The third-order valence-corrected chi connectivity index (χ3v) is 7.21. The summed E-state index contributed by atoms with van der Waals surface area (Å²) in [5.41, 5.74) is 0.461. The molecule has 0 aromatic carbocycles. The largest absolute Gasteiger partial charge is 0.462 e. The van der Waals surface area contributed by atoms with Crippen LogP contribution in [-0.2, 0) is 34.8 Å². The summed E-state index contributed by atoms with van der Waals surface area (Å²) in [6, 6.07) is 0. The molecule has 0 aromatic heterocycles. The fraction of sp³-hybridized carbons (Fsp3) is 0.786. The van der Waals surface area contributed by atoms with Gasteiger partial charge in [0.1, 0.15) is 0 Å². The minimum atomic E-state index is -1.22. The van der Waals surface area contributed by atoms with Crippen LogP contribution in [0.5, 0.6) is 0 Å². The lowest BCUT2D eigenvalue weighted by molar-refractivity contribution is -0.139. The van der Waals surface area contributed by atoms with Gasteiger partial charge < -0.3 is 4.74 Å². The number of esters is 1. The van der Waals surface area contributed by atoms with E-state index in [1.807, 2.05) is 0 Å². The smallest absolute Gasteiger partial charge is 0.333 e. The molecule has 1 aliphatic carbocycles. The Morgan fingerprint density at radius 1 is 1.30 bits per heavy atom. The topological polar surface area (TPSA) is 43.4 Å². The lowest BCUT2D eigenvalue weighted by Gasteiger charge is -2.28. The Bertz CT molecular complexity index is 443. The molecule has 0 N–H and O–H groups in total. The molecule has 1 aliphatic rings. The molecule has 1 rings (SSSR count). The Balaban J connectivity index is 2.16. The van der Waals surface area contributed by atoms with E-state index in [2.05, 4.69) is 6.58 Å². The van der Waals surface area contributed by atoms with Gasteiger partial charge in [-0.3, -0.25) is 4.57 Å². The molecule has 20 heavy (non-hydrogen) atoms. The van der Waals surface area contributed by atoms with E-state index in [9.17, 15) is 9.36 Å². The van der Waals surface area contributed by atoms with Crippen molar-refractivity contribution < 1.29 is 14.1 Å². The highest BCUT2D eigenvalue weighted by Gasteiger charge is 2.21. The van der Waals surface area contributed by atoms with Crippen LogP contribution in [0.1, 0.15) is 45.4 Å². The van der Waals surface area contributed by atoms with Crippen LogP contribution in [0.15, 0.2) is 12.2 Å². The van der Waals surface area contributed by atoms with Crippen molar-refractivity contribution in [3.8, 4) is 0 Å². The molecule has 114 valence electrons. The molecule has 0 bridgehead atoms. The predicted molar refractivity (Wildman–Crippen MR) is 87.7 cm³/mol. The lowest BCUT2D eigenvalue weighted by Crippen LogP contribution is -2.17. The molecule has 0 spiro atoms. The standard InChI is InChI=1S/C14H23O3PS2/c1-11(2)14(15)17-9-7-12-3-5-13(6-4-12)8-10-18(16)20-19/h12-13H,1,3-10H2,2H3. The van der Waals surface area contributed by atoms with E-state index >= 15 is 0 Å². The first kappa shape index (κ1) is 17.8. The molecule has 6 heteroatoms. The van der Waals surface area contributed by atoms with Crippen molar-refractivity contribution in [1.82, 2.24) is 0 Å². The average Bonchev–Trinajstić information content (AvgIpc) is 2.45. The molecule has 0 radical (unpaired) electrons. The van der Waals surface area contributed by atoms with E-state index in [1.54, 1.807) is 6.92 Å². The SMILES string of the molecule is C=C(C)C(=O)OCCC1CCC(CCP(=O)=S=S)CC1. The second-order valence-corrected chi connectivity index (χ2v) is 9.78. The minimum Gasteiger partial charge on any atom is -0.462 e. The first-order chi connectivity index (χ1) is 9.52. The van der Waals surface area contributed by atoms with Crippen molar-refractivity contribution >= 4 is 33.2 Å². The lowest BCUT2D eigenvalue weighted by atomic mass is 9.79. The number of hydrogen-bond acceptors (Lipinski definition) is 4. The van der Waals surface area contributed by atoms with Crippen molar-refractivity contribution in [2.75, 3.05) is 12.8 Å². The maximum Gasteiger partial charge on any atom is 0.333 e. The quantitative estimate of drug-likeness (QED) is 0.401. The van der Waals surface area contributed by atoms with Gasteiger partial charge >= 0.3 is 5.97 Å². The first-order valence-electron chi connectivity index (χ1n) is 7.10. The molecule has 3 nitrogen and oxygen atoms in total. The van der Waals surface area contributed by atoms with Crippen LogP contribution in [-0.4, -0.2) is 18.7 Å². The predicted octanol–water partition coefficient (Wildman–Crippen LogP) is 3.98. The van der Waals surface area contributed by atoms with Crippen molar-refractivity contribution in [3.63, 3.8) is 0 Å². The minimum absolute atomic E-state index is 0.288. The molecule has 0 heterocycles. The zero-order valence-corrected chi connectivity index (χ0v) is 14.5. The normalized spacial score (nSPS) is 22.9. The number of ether oxygens (including phenoxy) is 1. The summed E-state index contributed by atoms with van der Waals surface area (Å²) in [5, 5.41) is 0. The third-order valence-electron chi connectivity index (χ3n) is 3.88. The molecule has 1 saturated carbocycles. The monoisotopic (exact) mass is 334 g/mol. The second-order valence-electron chi connectivity index (χ2n) is 5.51. The first-order valence-corrected chi connectivity index (χ1v) is 10.9. The van der Waals surface area contributed by atoms with Crippen LogP contribution in [0.4, 0.5) is 0 Å². The van der Waals surface area contributed by atoms with Gasteiger partial charge in [-0.15, -0.1) is 0 Å². The number of hydrogen-bond donors (Lipinski definition) is 0. The highest BCUT2D eigenvalue weighted by Crippen LogP contribution is 2.33. The fourth-order valence-corrected chi connectivity index (χ4v) is 4.44. The fourth-order valence-electron chi connectivity index (χ4n) is 2.58.